The Hall–Kier alpha value is -1.80. The van der Waals surface area contributed by atoms with E-state index in [-0.39, 0.29) is 0 Å². The van der Waals surface area contributed by atoms with Gasteiger partial charge in [-0.3, -0.25) is 0 Å². The third-order valence-electron chi connectivity index (χ3n) is 4.44. The molecule has 0 spiro atoms. The van der Waals surface area contributed by atoms with Crippen molar-refractivity contribution in [2.75, 3.05) is 7.11 Å². The molecule has 0 aromatic heterocycles. The van der Waals surface area contributed by atoms with Crippen molar-refractivity contribution in [1.29, 1.82) is 0 Å². The Morgan fingerprint density at radius 3 is 2.81 bits per heavy atom. The summed E-state index contributed by atoms with van der Waals surface area (Å²) in [5.41, 5.74) is 2.75. The predicted molar refractivity (Wildman–Crippen MR) is 84.6 cm³/mol. The van der Waals surface area contributed by atoms with Crippen LogP contribution in [0, 0.1) is 0 Å². The number of rotatable bonds is 3. The van der Waals surface area contributed by atoms with Gasteiger partial charge in [0.1, 0.15) is 5.75 Å². The molecule has 3 rings (SSSR count). The number of hydrogen-bond acceptors (Lipinski definition) is 2. The van der Waals surface area contributed by atoms with Crippen molar-refractivity contribution in [3.63, 3.8) is 0 Å². The molecule has 0 heterocycles. The molecular formula is C19H22O2. The van der Waals surface area contributed by atoms with Crippen LogP contribution in [-0.4, -0.2) is 12.2 Å². The lowest BCUT2D eigenvalue weighted by molar-refractivity contribution is 0.0271. The normalized spacial score (nSPS) is 21.4. The summed E-state index contributed by atoms with van der Waals surface area (Å²) in [7, 11) is 1.68. The van der Waals surface area contributed by atoms with E-state index in [0.717, 1.165) is 42.6 Å². The first-order valence-corrected chi connectivity index (χ1v) is 7.65. The minimum atomic E-state index is -0.764. The van der Waals surface area contributed by atoms with Crippen molar-refractivity contribution in [3.05, 3.63) is 65.2 Å². The molecule has 21 heavy (non-hydrogen) atoms. The van der Waals surface area contributed by atoms with Crippen molar-refractivity contribution in [2.45, 2.75) is 37.7 Å². The van der Waals surface area contributed by atoms with Gasteiger partial charge in [-0.15, -0.1) is 0 Å². The Labute approximate surface area is 126 Å². The number of methoxy groups -OCH3 is 1. The van der Waals surface area contributed by atoms with Gasteiger partial charge in [0.2, 0.25) is 0 Å². The molecule has 110 valence electrons. The van der Waals surface area contributed by atoms with Crippen LogP contribution < -0.4 is 4.74 Å². The smallest absolute Gasteiger partial charge is 0.119 e. The Balaban J connectivity index is 1.95. The van der Waals surface area contributed by atoms with Crippen LogP contribution in [0.4, 0.5) is 0 Å². The molecule has 0 saturated carbocycles. The topological polar surface area (TPSA) is 29.5 Å². The van der Waals surface area contributed by atoms with Crippen LogP contribution >= 0.6 is 0 Å². The second kappa shape index (κ2) is 5.90. The fourth-order valence-corrected chi connectivity index (χ4v) is 3.36. The van der Waals surface area contributed by atoms with Gasteiger partial charge in [-0.1, -0.05) is 36.4 Å². The van der Waals surface area contributed by atoms with Crippen molar-refractivity contribution in [3.8, 4) is 5.75 Å². The molecule has 1 aliphatic rings. The van der Waals surface area contributed by atoms with E-state index in [1.54, 1.807) is 7.11 Å². The van der Waals surface area contributed by atoms with Crippen LogP contribution in [0.15, 0.2) is 48.5 Å². The fourth-order valence-electron chi connectivity index (χ4n) is 3.36. The van der Waals surface area contributed by atoms with Gasteiger partial charge in [0, 0.05) is 6.42 Å². The van der Waals surface area contributed by atoms with Gasteiger partial charge in [0.15, 0.2) is 0 Å². The van der Waals surface area contributed by atoms with E-state index in [9.17, 15) is 5.11 Å². The van der Waals surface area contributed by atoms with Gasteiger partial charge < -0.3 is 9.84 Å². The SMILES string of the molecule is COc1cccc(CC2(O)CCCCc3ccccc32)c1. The van der Waals surface area contributed by atoms with E-state index in [4.69, 9.17) is 4.74 Å². The molecule has 0 radical (unpaired) electrons. The molecular weight excluding hydrogens is 260 g/mol. The Morgan fingerprint density at radius 1 is 1.10 bits per heavy atom. The summed E-state index contributed by atoms with van der Waals surface area (Å²) in [6.07, 6.45) is 4.74. The maximum Gasteiger partial charge on any atom is 0.119 e. The second-order valence-corrected chi connectivity index (χ2v) is 5.92. The molecule has 0 bridgehead atoms. The predicted octanol–water partition coefficient (Wildman–Crippen LogP) is 3.85. The lowest BCUT2D eigenvalue weighted by Crippen LogP contribution is -2.28. The van der Waals surface area contributed by atoms with Crippen molar-refractivity contribution in [1.82, 2.24) is 0 Å². The van der Waals surface area contributed by atoms with Crippen molar-refractivity contribution in [2.24, 2.45) is 0 Å². The lowest BCUT2D eigenvalue weighted by Gasteiger charge is -2.29. The molecule has 1 unspecified atom stereocenters. The molecule has 2 heteroatoms. The first kappa shape index (κ1) is 14.2. The summed E-state index contributed by atoms with van der Waals surface area (Å²) >= 11 is 0. The first-order valence-electron chi connectivity index (χ1n) is 7.65. The summed E-state index contributed by atoms with van der Waals surface area (Å²) < 4.78 is 5.29. The Bertz CT molecular complexity index is 620. The molecule has 0 fully saturated rings. The van der Waals surface area contributed by atoms with Crippen LogP contribution in [0.25, 0.3) is 0 Å². The maximum atomic E-state index is 11.3. The van der Waals surface area contributed by atoms with Crippen LogP contribution in [0.2, 0.25) is 0 Å². The van der Waals surface area contributed by atoms with E-state index < -0.39 is 5.60 Å². The van der Waals surface area contributed by atoms with Crippen molar-refractivity contribution >= 4 is 0 Å². The van der Waals surface area contributed by atoms with Crippen LogP contribution in [-0.2, 0) is 18.4 Å². The minimum Gasteiger partial charge on any atom is -0.497 e. The average molecular weight is 282 g/mol. The van der Waals surface area contributed by atoms with Crippen molar-refractivity contribution < 1.29 is 9.84 Å². The molecule has 0 saturated heterocycles. The largest absolute Gasteiger partial charge is 0.497 e. The molecule has 2 aromatic carbocycles. The third kappa shape index (κ3) is 2.96. The van der Waals surface area contributed by atoms with Gasteiger partial charge in [-0.2, -0.15) is 0 Å². The highest BCUT2D eigenvalue weighted by Crippen LogP contribution is 2.37. The van der Waals surface area contributed by atoms with Gasteiger partial charge >= 0.3 is 0 Å². The fraction of sp³-hybridized carbons (Fsp3) is 0.368. The van der Waals surface area contributed by atoms with Gasteiger partial charge in [0.05, 0.1) is 12.7 Å². The van der Waals surface area contributed by atoms with Gasteiger partial charge in [-0.05, 0) is 54.5 Å². The maximum absolute atomic E-state index is 11.3. The second-order valence-electron chi connectivity index (χ2n) is 5.92. The zero-order chi connectivity index (χ0) is 14.7. The molecule has 1 aliphatic carbocycles. The Morgan fingerprint density at radius 2 is 1.95 bits per heavy atom. The number of fused-ring (bicyclic) bond motifs is 1. The van der Waals surface area contributed by atoms with E-state index in [1.807, 2.05) is 24.3 Å². The van der Waals surface area contributed by atoms with E-state index in [0.29, 0.717) is 6.42 Å². The quantitative estimate of drug-likeness (QED) is 0.866. The summed E-state index contributed by atoms with van der Waals surface area (Å²) in [5, 5.41) is 11.3. The standard InChI is InChI=1S/C19H22O2/c1-21-17-10-6-7-15(13-17)14-19(20)12-5-4-9-16-8-2-3-11-18(16)19/h2-3,6-8,10-11,13,20H,4-5,9,12,14H2,1H3. The number of benzene rings is 2. The number of aryl methyl sites for hydroxylation is 1. The molecule has 2 nitrogen and oxygen atoms in total. The lowest BCUT2D eigenvalue weighted by atomic mass is 9.83. The molecule has 2 aromatic rings. The monoisotopic (exact) mass is 282 g/mol. The summed E-state index contributed by atoms with van der Waals surface area (Å²) in [6, 6.07) is 16.3. The summed E-state index contributed by atoms with van der Waals surface area (Å²) in [6.45, 7) is 0. The highest BCUT2D eigenvalue weighted by Gasteiger charge is 2.32. The van der Waals surface area contributed by atoms with Crippen LogP contribution in [0.5, 0.6) is 5.75 Å². The zero-order valence-electron chi connectivity index (χ0n) is 12.5. The molecule has 0 amide bonds. The first-order chi connectivity index (χ1) is 10.2. The average Bonchev–Trinajstić information content (AvgIpc) is 2.67. The van der Waals surface area contributed by atoms with Crippen LogP contribution in [0.3, 0.4) is 0 Å². The summed E-state index contributed by atoms with van der Waals surface area (Å²) in [5.74, 6) is 0.845. The van der Waals surface area contributed by atoms with Gasteiger partial charge in [0.25, 0.3) is 0 Å². The number of hydrogen-bond donors (Lipinski definition) is 1. The third-order valence-corrected chi connectivity index (χ3v) is 4.44. The summed E-state index contributed by atoms with van der Waals surface area (Å²) in [4.78, 5) is 0. The van der Waals surface area contributed by atoms with E-state index >= 15 is 0 Å². The van der Waals surface area contributed by atoms with E-state index in [2.05, 4.69) is 24.3 Å². The number of ether oxygens (including phenoxy) is 1. The van der Waals surface area contributed by atoms with E-state index in [1.165, 1.54) is 5.56 Å². The zero-order valence-corrected chi connectivity index (χ0v) is 12.5. The molecule has 0 aliphatic heterocycles. The van der Waals surface area contributed by atoms with Gasteiger partial charge in [-0.25, -0.2) is 0 Å². The minimum absolute atomic E-state index is 0.640. The Kier molecular flexibility index (Phi) is 3.98. The number of aliphatic hydroxyl groups is 1. The highest BCUT2D eigenvalue weighted by atomic mass is 16.5. The molecule has 1 N–H and O–H groups in total. The highest BCUT2D eigenvalue weighted by molar-refractivity contribution is 5.37. The molecule has 1 atom stereocenters. The van der Waals surface area contributed by atoms with Crippen LogP contribution in [0.1, 0.15) is 36.0 Å².